The zero-order chi connectivity index (χ0) is 15.6. The minimum Gasteiger partial charge on any atom is -0.497 e. The molecule has 0 aromatic heterocycles. The van der Waals surface area contributed by atoms with Crippen LogP contribution in [0.4, 0.5) is 11.4 Å². The van der Waals surface area contributed by atoms with E-state index < -0.39 is 10.0 Å². The Kier molecular flexibility index (Phi) is 4.09. The Morgan fingerprint density at radius 2 is 1.86 bits per heavy atom. The van der Waals surface area contributed by atoms with Gasteiger partial charge in [-0.15, -0.1) is 0 Å². The summed E-state index contributed by atoms with van der Waals surface area (Å²) < 4.78 is 32.7. The summed E-state index contributed by atoms with van der Waals surface area (Å²) in [7, 11) is -2.23. The van der Waals surface area contributed by atoms with E-state index in [1.54, 1.807) is 43.3 Å². The number of sulfonamides is 1. The minimum absolute atomic E-state index is 0.116. The molecule has 2 aromatic carbocycles. The molecule has 0 heterocycles. The van der Waals surface area contributed by atoms with Crippen LogP contribution in [0.5, 0.6) is 5.75 Å². The first-order valence-electron chi connectivity index (χ1n) is 6.37. The summed E-state index contributed by atoms with van der Waals surface area (Å²) in [5.41, 5.74) is 8.01. The van der Waals surface area contributed by atoms with Crippen LogP contribution in [0.2, 0.25) is 0 Å². The van der Waals surface area contributed by atoms with E-state index in [0.717, 1.165) is 5.56 Å². The lowest BCUT2D eigenvalue weighted by Gasteiger charge is -2.14. The lowest BCUT2D eigenvalue weighted by Crippen LogP contribution is -2.16. The van der Waals surface area contributed by atoms with Crippen LogP contribution in [0.25, 0.3) is 0 Å². The maximum atomic E-state index is 12.6. The molecule has 112 valence electrons. The fourth-order valence-corrected chi connectivity index (χ4v) is 3.54. The number of rotatable bonds is 4. The van der Waals surface area contributed by atoms with Crippen LogP contribution in [-0.4, -0.2) is 15.5 Å². The predicted octanol–water partition coefficient (Wildman–Crippen LogP) is 2.70. The van der Waals surface area contributed by atoms with Crippen molar-refractivity contribution >= 4 is 21.4 Å². The molecule has 0 aliphatic carbocycles. The fourth-order valence-electron chi connectivity index (χ4n) is 2.06. The third kappa shape index (κ3) is 3.11. The highest BCUT2D eigenvalue weighted by molar-refractivity contribution is 7.93. The van der Waals surface area contributed by atoms with Gasteiger partial charge in [-0.2, -0.15) is 0 Å². The molecule has 2 rings (SSSR count). The lowest BCUT2D eigenvalue weighted by atomic mass is 10.1. The van der Waals surface area contributed by atoms with Crippen molar-refractivity contribution in [1.82, 2.24) is 0 Å². The van der Waals surface area contributed by atoms with Crippen molar-refractivity contribution in [3.8, 4) is 5.75 Å². The van der Waals surface area contributed by atoms with Gasteiger partial charge in [0.1, 0.15) is 10.6 Å². The molecule has 0 aliphatic rings. The molecule has 21 heavy (non-hydrogen) atoms. The number of nitrogen functional groups attached to an aromatic ring is 1. The smallest absolute Gasteiger partial charge is 0.264 e. The highest BCUT2D eigenvalue weighted by Crippen LogP contribution is 2.28. The summed E-state index contributed by atoms with van der Waals surface area (Å²) in [6.07, 6.45) is 0. The maximum Gasteiger partial charge on any atom is 0.264 e. The molecule has 0 spiro atoms. The van der Waals surface area contributed by atoms with Crippen LogP contribution in [0.15, 0.2) is 41.3 Å². The van der Waals surface area contributed by atoms with Crippen LogP contribution < -0.4 is 15.2 Å². The first kappa shape index (κ1) is 15.2. The molecule has 0 saturated heterocycles. The molecule has 0 bridgehead atoms. The van der Waals surface area contributed by atoms with Crippen molar-refractivity contribution in [3.63, 3.8) is 0 Å². The van der Waals surface area contributed by atoms with E-state index in [0.29, 0.717) is 17.0 Å². The van der Waals surface area contributed by atoms with Crippen molar-refractivity contribution < 1.29 is 13.2 Å². The Balaban J connectivity index is 2.46. The van der Waals surface area contributed by atoms with E-state index in [9.17, 15) is 8.42 Å². The second kappa shape index (κ2) is 5.65. The Hall–Kier alpha value is -2.21. The first-order valence-corrected chi connectivity index (χ1v) is 7.86. The zero-order valence-corrected chi connectivity index (χ0v) is 13.0. The van der Waals surface area contributed by atoms with Gasteiger partial charge in [0.05, 0.1) is 18.5 Å². The average Bonchev–Trinajstić information content (AvgIpc) is 2.42. The van der Waals surface area contributed by atoms with Crippen molar-refractivity contribution in [2.24, 2.45) is 0 Å². The van der Waals surface area contributed by atoms with Gasteiger partial charge in [-0.05, 0) is 43.2 Å². The minimum atomic E-state index is -3.75. The van der Waals surface area contributed by atoms with E-state index in [-0.39, 0.29) is 10.6 Å². The largest absolute Gasteiger partial charge is 0.497 e. The van der Waals surface area contributed by atoms with Crippen LogP contribution in [0.1, 0.15) is 11.1 Å². The average molecular weight is 306 g/mol. The first-order chi connectivity index (χ1) is 9.85. The molecule has 0 amide bonds. The van der Waals surface area contributed by atoms with E-state index in [2.05, 4.69) is 4.72 Å². The molecule has 0 fully saturated rings. The highest BCUT2D eigenvalue weighted by Gasteiger charge is 2.21. The standard InChI is InChI=1S/C15H18N2O3S/c1-10-7-8-14(16)15(11(10)2)21(18,19)17-12-5-4-6-13(9-12)20-3/h4-9,17H,16H2,1-3H3. The van der Waals surface area contributed by atoms with E-state index in [1.807, 2.05) is 6.92 Å². The number of anilines is 2. The molecule has 0 aliphatic heterocycles. The molecule has 0 unspecified atom stereocenters. The number of hydrogen-bond acceptors (Lipinski definition) is 4. The Morgan fingerprint density at radius 3 is 2.52 bits per heavy atom. The van der Waals surface area contributed by atoms with Gasteiger partial charge in [-0.25, -0.2) is 8.42 Å². The Bertz CT molecular complexity index is 770. The van der Waals surface area contributed by atoms with Crippen LogP contribution >= 0.6 is 0 Å². The van der Waals surface area contributed by atoms with Crippen molar-refractivity contribution in [3.05, 3.63) is 47.5 Å². The third-order valence-corrected chi connectivity index (χ3v) is 4.88. The highest BCUT2D eigenvalue weighted by atomic mass is 32.2. The van der Waals surface area contributed by atoms with Crippen LogP contribution in [0, 0.1) is 13.8 Å². The number of nitrogens with one attached hydrogen (secondary N) is 1. The monoisotopic (exact) mass is 306 g/mol. The van der Waals surface area contributed by atoms with Crippen LogP contribution in [-0.2, 0) is 10.0 Å². The summed E-state index contributed by atoms with van der Waals surface area (Å²) in [6.45, 7) is 3.59. The van der Waals surface area contributed by atoms with Gasteiger partial charge in [0.25, 0.3) is 10.0 Å². The Morgan fingerprint density at radius 1 is 1.14 bits per heavy atom. The second-order valence-electron chi connectivity index (χ2n) is 4.76. The van der Waals surface area contributed by atoms with E-state index >= 15 is 0 Å². The summed E-state index contributed by atoms with van der Waals surface area (Å²) in [4.78, 5) is 0.116. The van der Waals surface area contributed by atoms with Gasteiger partial charge >= 0.3 is 0 Å². The molecular formula is C15H18N2O3S. The van der Waals surface area contributed by atoms with E-state index in [4.69, 9.17) is 10.5 Å². The summed E-state index contributed by atoms with van der Waals surface area (Å²) in [6, 6.07) is 10.1. The predicted molar refractivity (Wildman–Crippen MR) is 84.1 cm³/mol. The molecular weight excluding hydrogens is 288 g/mol. The number of ether oxygens (including phenoxy) is 1. The SMILES string of the molecule is COc1cccc(NS(=O)(=O)c2c(N)ccc(C)c2C)c1. The normalized spacial score (nSPS) is 11.2. The van der Waals surface area contributed by atoms with E-state index in [1.165, 1.54) is 7.11 Å². The molecule has 2 aromatic rings. The Labute approximate surface area is 124 Å². The number of benzene rings is 2. The maximum absolute atomic E-state index is 12.6. The van der Waals surface area contributed by atoms with Crippen molar-refractivity contribution in [2.45, 2.75) is 18.7 Å². The summed E-state index contributed by atoms with van der Waals surface area (Å²) in [5.74, 6) is 0.573. The van der Waals surface area contributed by atoms with Gasteiger partial charge in [0, 0.05) is 6.07 Å². The fraction of sp³-hybridized carbons (Fsp3) is 0.200. The van der Waals surface area contributed by atoms with Gasteiger partial charge in [0.15, 0.2) is 0 Å². The lowest BCUT2D eigenvalue weighted by molar-refractivity contribution is 0.415. The summed E-state index contributed by atoms with van der Waals surface area (Å²) >= 11 is 0. The number of methoxy groups -OCH3 is 1. The quantitative estimate of drug-likeness (QED) is 0.851. The van der Waals surface area contributed by atoms with Gasteiger partial charge in [-0.3, -0.25) is 4.72 Å². The third-order valence-electron chi connectivity index (χ3n) is 3.30. The molecule has 0 radical (unpaired) electrons. The topological polar surface area (TPSA) is 81.4 Å². The van der Waals surface area contributed by atoms with Crippen LogP contribution in [0.3, 0.4) is 0 Å². The number of hydrogen-bond donors (Lipinski definition) is 2. The van der Waals surface area contributed by atoms with Gasteiger partial charge in [-0.1, -0.05) is 12.1 Å². The molecule has 6 heteroatoms. The van der Waals surface area contributed by atoms with Gasteiger partial charge < -0.3 is 10.5 Å². The molecule has 3 N–H and O–H groups in total. The molecule has 0 atom stereocenters. The van der Waals surface area contributed by atoms with Crippen molar-refractivity contribution in [1.29, 1.82) is 0 Å². The number of aryl methyl sites for hydroxylation is 1. The second-order valence-corrected chi connectivity index (χ2v) is 6.38. The van der Waals surface area contributed by atoms with Crippen molar-refractivity contribution in [2.75, 3.05) is 17.6 Å². The molecule has 5 nitrogen and oxygen atoms in total. The summed E-state index contributed by atoms with van der Waals surface area (Å²) in [5, 5.41) is 0. The zero-order valence-electron chi connectivity index (χ0n) is 12.2. The molecule has 0 saturated carbocycles. The van der Waals surface area contributed by atoms with Gasteiger partial charge in [0.2, 0.25) is 0 Å². The number of nitrogens with two attached hydrogens (primary N) is 1.